The predicted octanol–water partition coefficient (Wildman–Crippen LogP) is 2.76. The van der Waals surface area contributed by atoms with E-state index in [1.807, 2.05) is 60.7 Å². The van der Waals surface area contributed by atoms with Crippen LogP contribution in [-0.4, -0.2) is 22.0 Å². The van der Waals surface area contributed by atoms with Crippen LogP contribution in [0.5, 0.6) is 0 Å². The second-order valence-corrected chi connectivity index (χ2v) is 5.61. The van der Waals surface area contributed by atoms with Crippen molar-refractivity contribution in [3.05, 3.63) is 78.0 Å². The van der Waals surface area contributed by atoms with Gasteiger partial charge in [0.25, 0.3) is 0 Å². The highest BCUT2D eigenvalue weighted by Gasteiger charge is 2.15. The fraction of sp³-hybridized carbons (Fsp3) is 0.158. The molecule has 116 valence electrons. The third kappa shape index (κ3) is 3.93. The molecule has 1 heterocycles. The number of aromatic nitrogens is 2. The standard InChI is InChI=1S/C19H19N3O/c20-17(12-14-5-2-1-3-6-14)19(23)13-15-7-4-8-16(11-15)18-9-10-21-22-18/h1-11,17H,12-13,20H2,(H,21,22)/t17-/m0/s1. The Bertz CT molecular complexity index is 766. The van der Waals surface area contributed by atoms with E-state index in [2.05, 4.69) is 10.2 Å². The molecule has 1 aromatic heterocycles. The number of nitrogens with one attached hydrogen (secondary N) is 1. The Labute approximate surface area is 135 Å². The summed E-state index contributed by atoms with van der Waals surface area (Å²) in [6, 6.07) is 19.2. The van der Waals surface area contributed by atoms with Crippen molar-refractivity contribution < 1.29 is 4.79 Å². The van der Waals surface area contributed by atoms with Gasteiger partial charge in [-0.05, 0) is 35.2 Å². The molecule has 0 unspecified atom stereocenters. The summed E-state index contributed by atoms with van der Waals surface area (Å²) in [5.41, 5.74) is 10.1. The van der Waals surface area contributed by atoms with Gasteiger partial charge >= 0.3 is 0 Å². The van der Waals surface area contributed by atoms with Crippen molar-refractivity contribution in [2.75, 3.05) is 0 Å². The van der Waals surface area contributed by atoms with Crippen molar-refractivity contribution in [2.24, 2.45) is 5.73 Å². The Kier molecular flexibility index (Phi) is 4.64. The topological polar surface area (TPSA) is 71.8 Å². The third-order valence-corrected chi connectivity index (χ3v) is 3.83. The molecule has 0 saturated heterocycles. The number of carbonyl (C=O) groups is 1. The summed E-state index contributed by atoms with van der Waals surface area (Å²) in [6.45, 7) is 0. The lowest BCUT2D eigenvalue weighted by Gasteiger charge is -2.11. The normalized spacial score (nSPS) is 12.0. The van der Waals surface area contributed by atoms with Gasteiger partial charge in [-0.2, -0.15) is 5.10 Å². The smallest absolute Gasteiger partial charge is 0.154 e. The summed E-state index contributed by atoms with van der Waals surface area (Å²) >= 11 is 0. The van der Waals surface area contributed by atoms with E-state index in [1.54, 1.807) is 6.20 Å². The lowest BCUT2D eigenvalue weighted by Crippen LogP contribution is -2.33. The number of hydrogen-bond donors (Lipinski definition) is 2. The zero-order valence-electron chi connectivity index (χ0n) is 12.8. The first-order valence-electron chi connectivity index (χ1n) is 7.63. The van der Waals surface area contributed by atoms with Gasteiger partial charge in [-0.15, -0.1) is 0 Å². The monoisotopic (exact) mass is 305 g/mol. The van der Waals surface area contributed by atoms with Gasteiger partial charge in [-0.1, -0.05) is 48.5 Å². The average molecular weight is 305 g/mol. The SMILES string of the molecule is N[C@@H](Cc1ccccc1)C(=O)Cc1cccc(-c2ccn[nH]2)c1. The van der Waals surface area contributed by atoms with Crippen LogP contribution in [0.2, 0.25) is 0 Å². The number of carbonyl (C=O) groups excluding carboxylic acids is 1. The number of nitrogens with two attached hydrogens (primary N) is 1. The molecule has 0 spiro atoms. The molecule has 0 fully saturated rings. The minimum atomic E-state index is -0.479. The maximum Gasteiger partial charge on any atom is 0.154 e. The summed E-state index contributed by atoms with van der Waals surface area (Å²) < 4.78 is 0. The average Bonchev–Trinajstić information content (AvgIpc) is 3.10. The van der Waals surface area contributed by atoms with E-state index in [4.69, 9.17) is 5.73 Å². The molecule has 2 aromatic carbocycles. The Balaban J connectivity index is 1.67. The molecular formula is C19H19N3O. The first kappa shape index (κ1) is 15.2. The lowest BCUT2D eigenvalue weighted by molar-refractivity contribution is -0.119. The summed E-state index contributed by atoms with van der Waals surface area (Å²) in [5, 5.41) is 6.88. The van der Waals surface area contributed by atoms with Crippen molar-refractivity contribution in [3.8, 4) is 11.3 Å². The van der Waals surface area contributed by atoms with Gasteiger partial charge in [0.05, 0.1) is 11.7 Å². The Morgan fingerprint density at radius 1 is 1.04 bits per heavy atom. The molecule has 0 aliphatic heterocycles. The third-order valence-electron chi connectivity index (χ3n) is 3.83. The van der Waals surface area contributed by atoms with Gasteiger partial charge in [0.2, 0.25) is 0 Å². The quantitative estimate of drug-likeness (QED) is 0.735. The van der Waals surface area contributed by atoms with Crippen LogP contribution in [0.3, 0.4) is 0 Å². The minimum Gasteiger partial charge on any atom is -0.321 e. The van der Waals surface area contributed by atoms with Crippen molar-refractivity contribution in [3.63, 3.8) is 0 Å². The van der Waals surface area contributed by atoms with Crippen molar-refractivity contribution in [1.82, 2.24) is 10.2 Å². The summed E-state index contributed by atoms with van der Waals surface area (Å²) in [6.07, 6.45) is 2.62. The van der Waals surface area contributed by atoms with Crippen molar-refractivity contribution in [1.29, 1.82) is 0 Å². The summed E-state index contributed by atoms with van der Waals surface area (Å²) in [7, 11) is 0. The van der Waals surface area contributed by atoms with Crippen LogP contribution in [-0.2, 0) is 17.6 Å². The van der Waals surface area contributed by atoms with Gasteiger partial charge in [-0.3, -0.25) is 9.89 Å². The second-order valence-electron chi connectivity index (χ2n) is 5.61. The van der Waals surface area contributed by atoms with E-state index < -0.39 is 6.04 Å². The Morgan fingerprint density at radius 2 is 1.83 bits per heavy atom. The first-order chi connectivity index (χ1) is 11.2. The molecule has 4 nitrogen and oxygen atoms in total. The number of rotatable bonds is 6. The van der Waals surface area contributed by atoms with Gasteiger partial charge in [-0.25, -0.2) is 0 Å². The zero-order chi connectivity index (χ0) is 16.1. The summed E-state index contributed by atoms with van der Waals surface area (Å²) in [4.78, 5) is 12.4. The van der Waals surface area contributed by atoms with E-state index in [1.165, 1.54) is 0 Å². The second kappa shape index (κ2) is 7.03. The number of benzene rings is 2. The molecule has 3 N–H and O–H groups in total. The molecule has 0 aliphatic rings. The molecular weight excluding hydrogens is 286 g/mol. The first-order valence-corrected chi connectivity index (χ1v) is 7.63. The number of ketones is 1. The highest BCUT2D eigenvalue weighted by Crippen LogP contribution is 2.18. The van der Waals surface area contributed by atoms with Crippen LogP contribution >= 0.6 is 0 Å². The molecule has 0 amide bonds. The maximum absolute atomic E-state index is 12.4. The molecule has 1 atom stereocenters. The van der Waals surface area contributed by atoms with E-state index >= 15 is 0 Å². The molecule has 4 heteroatoms. The molecule has 0 aliphatic carbocycles. The number of nitrogens with zero attached hydrogens (tertiary/aromatic N) is 1. The number of Topliss-reactive ketones (excluding diaryl/α,β-unsaturated/α-hetero) is 1. The minimum absolute atomic E-state index is 0.0515. The Morgan fingerprint density at radius 3 is 2.57 bits per heavy atom. The molecule has 3 aromatic rings. The molecule has 3 rings (SSSR count). The molecule has 23 heavy (non-hydrogen) atoms. The summed E-state index contributed by atoms with van der Waals surface area (Å²) in [5.74, 6) is 0.0515. The van der Waals surface area contributed by atoms with Crippen LogP contribution in [0, 0.1) is 0 Å². The van der Waals surface area contributed by atoms with Crippen LogP contribution in [0.15, 0.2) is 66.9 Å². The van der Waals surface area contributed by atoms with Crippen LogP contribution in [0.1, 0.15) is 11.1 Å². The largest absolute Gasteiger partial charge is 0.321 e. The van der Waals surface area contributed by atoms with Crippen molar-refractivity contribution in [2.45, 2.75) is 18.9 Å². The van der Waals surface area contributed by atoms with E-state index in [-0.39, 0.29) is 5.78 Å². The Hall–Kier alpha value is -2.72. The van der Waals surface area contributed by atoms with E-state index in [9.17, 15) is 4.79 Å². The number of aromatic amines is 1. The highest BCUT2D eigenvalue weighted by atomic mass is 16.1. The number of H-pyrrole nitrogens is 1. The van der Waals surface area contributed by atoms with Gasteiger partial charge < -0.3 is 5.73 Å². The highest BCUT2D eigenvalue weighted by molar-refractivity contribution is 5.86. The van der Waals surface area contributed by atoms with Crippen LogP contribution in [0.4, 0.5) is 0 Å². The molecule has 0 saturated carbocycles. The van der Waals surface area contributed by atoms with Gasteiger partial charge in [0.15, 0.2) is 5.78 Å². The molecule has 0 bridgehead atoms. The number of hydrogen-bond acceptors (Lipinski definition) is 3. The van der Waals surface area contributed by atoms with E-state index in [0.29, 0.717) is 12.8 Å². The molecule has 0 radical (unpaired) electrons. The maximum atomic E-state index is 12.4. The van der Waals surface area contributed by atoms with Crippen LogP contribution in [0.25, 0.3) is 11.3 Å². The predicted molar refractivity (Wildman–Crippen MR) is 90.9 cm³/mol. The fourth-order valence-corrected chi connectivity index (χ4v) is 2.58. The van der Waals surface area contributed by atoms with Gasteiger partial charge in [0.1, 0.15) is 0 Å². The van der Waals surface area contributed by atoms with Crippen molar-refractivity contribution >= 4 is 5.78 Å². The zero-order valence-corrected chi connectivity index (χ0v) is 12.8. The van der Waals surface area contributed by atoms with E-state index in [0.717, 1.165) is 22.4 Å². The fourth-order valence-electron chi connectivity index (χ4n) is 2.58. The van der Waals surface area contributed by atoms with Crippen LogP contribution < -0.4 is 5.73 Å². The van der Waals surface area contributed by atoms with Gasteiger partial charge in [0, 0.05) is 12.6 Å². The lowest BCUT2D eigenvalue weighted by atomic mass is 9.97.